The Morgan fingerprint density at radius 3 is 2.62 bits per heavy atom. The topological polar surface area (TPSA) is 87.9 Å². The van der Waals surface area contributed by atoms with Gasteiger partial charge in [0.15, 0.2) is 5.75 Å². The molecule has 7 heteroatoms. The monoisotopic (exact) mass is 331 g/mol. The predicted molar refractivity (Wildman–Crippen MR) is 86.6 cm³/mol. The summed E-state index contributed by atoms with van der Waals surface area (Å²) in [6, 6.07) is 11.4. The molecule has 2 aromatic rings. The van der Waals surface area contributed by atoms with Crippen LogP contribution in [0.15, 0.2) is 42.5 Å². The van der Waals surface area contributed by atoms with E-state index in [-0.39, 0.29) is 30.2 Å². The minimum Gasteiger partial charge on any atom is -0.490 e. The quantitative estimate of drug-likeness (QED) is 0.335. The first-order valence-electron chi connectivity index (χ1n) is 7.20. The molecule has 0 N–H and O–H groups in total. The summed E-state index contributed by atoms with van der Waals surface area (Å²) in [4.78, 5) is 22.3. The molecular formula is C17H17NO6. The fourth-order valence-electron chi connectivity index (χ4n) is 2.04. The summed E-state index contributed by atoms with van der Waals surface area (Å²) in [7, 11) is 1.32. The molecule has 0 saturated carbocycles. The third-order valence-electron chi connectivity index (χ3n) is 3.19. The second kappa shape index (κ2) is 7.96. The second-order valence-corrected chi connectivity index (χ2v) is 4.94. The number of ether oxygens (including phenoxy) is 3. The molecule has 2 aromatic carbocycles. The van der Waals surface area contributed by atoms with Crippen LogP contribution in [-0.4, -0.2) is 31.2 Å². The molecule has 0 heterocycles. The normalized spacial score (nSPS) is 10.1. The lowest BCUT2D eigenvalue weighted by Gasteiger charge is -2.08. The van der Waals surface area contributed by atoms with E-state index in [0.29, 0.717) is 5.75 Å². The number of hydrogen-bond acceptors (Lipinski definition) is 6. The summed E-state index contributed by atoms with van der Waals surface area (Å²) >= 11 is 0. The Morgan fingerprint density at radius 2 is 1.96 bits per heavy atom. The highest BCUT2D eigenvalue weighted by atomic mass is 16.6. The summed E-state index contributed by atoms with van der Waals surface area (Å²) in [6.45, 7) is 2.17. The van der Waals surface area contributed by atoms with E-state index < -0.39 is 10.9 Å². The first-order chi connectivity index (χ1) is 11.5. The van der Waals surface area contributed by atoms with E-state index in [9.17, 15) is 14.9 Å². The Hall–Kier alpha value is -3.09. The van der Waals surface area contributed by atoms with E-state index in [1.807, 2.05) is 31.2 Å². The molecule has 0 saturated heterocycles. The molecule has 24 heavy (non-hydrogen) atoms. The van der Waals surface area contributed by atoms with E-state index in [2.05, 4.69) is 0 Å². The summed E-state index contributed by atoms with van der Waals surface area (Å²) in [5, 5.41) is 11.0. The first kappa shape index (κ1) is 17.3. The molecule has 0 aliphatic carbocycles. The van der Waals surface area contributed by atoms with Crippen molar-refractivity contribution in [2.24, 2.45) is 0 Å². The number of carbonyl (C=O) groups is 1. The van der Waals surface area contributed by atoms with Crippen LogP contribution in [-0.2, 0) is 4.74 Å². The maximum absolute atomic E-state index is 11.9. The number of methoxy groups -OCH3 is 1. The minimum absolute atomic E-state index is 0.0343. The third kappa shape index (κ3) is 4.45. The van der Waals surface area contributed by atoms with Gasteiger partial charge in [-0.05, 0) is 36.8 Å². The smallest absolute Gasteiger partial charge is 0.338 e. The number of nitrogens with zero attached hydrogens (tertiary/aromatic N) is 1. The van der Waals surface area contributed by atoms with Crippen LogP contribution in [0.4, 0.5) is 5.69 Å². The molecule has 0 atom stereocenters. The lowest BCUT2D eigenvalue weighted by molar-refractivity contribution is -0.385. The zero-order valence-corrected chi connectivity index (χ0v) is 13.4. The highest BCUT2D eigenvalue weighted by Crippen LogP contribution is 2.27. The summed E-state index contributed by atoms with van der Waals surface area (Å²) in [6.07, 6.45) is 0. The van der Waals surface area contributed by atoms with E-state index in [4.69, 9.17) is 14.2 Å². The van der Waals surface area contributed by atoms with Crippen LogP contribution in [0, 0.1) is 17.0 Å². The van der Waals surface area contributed by atoms with Gasteiger partial charge in [0.25, 0.3) is 0 Å². The molecule has 0 radical (unpaired) electrons. The molecular weight excluding hydrogens is 314 g/mol. The van der Waals surface area contributed by atoms with Gasteiger partial charge in [0.2, 0.25) is 0 Å². The van der Waals surface area contributed by atoms with Gasteiger partial charge in [0, 0.05) is 6.07 Å². The number of carbonyl (C=O) groups excluding carboxylic acids is 1. The van der Waals surface area contributed by atoms with Crippen LogP contribution in [0.3, 0.4) is 0 Å². The fourth-order valence-corrected chi connectivity index (χ4v) is 2.04. The molecule has 0 aliphatic heterocycles. The van der Waals surface area contributed by atoms with Gasteiger partial charge in [0.05, 0.1) is 17.6 Å². The zero-order valence-electron chi connectivity index (χ0n) is 13.4. The van der Waals surface area contributed by atoms with Crippen LogP contribution in [0.1, 0.15) is 15.9 Å². The highest BCUT2D eigenvalue weighted by molar-refractivity contribution is 5.90. The van der Waals surface area contributed by atoms with Crippen molar-refractivity contribution >= 4 is 11.7 Å². The van der Waals surface area contributed by atoms with Crippen LogP contribution in [0.2, 0.25) is 0 Å². The molecule has 7 nitrogen and oxygen atoms in total. The lowest BCUT2D eigenvalue weighted by Crippen LogP contribution is -2.12. The molecule has 126 valence electrons. The van der Waals surface area contributed by atoms with Crippen molar-refractivity contribution in [1.82, 2.24) is 0 Å². The van der Waals surface area contributed by atoms with Crippen LogP contribution < -0.4 is 9.47 Å². The van der Waals surface area contributed by atoms with Crippen LogP contribution >= 0.6 is 0 Å². The average molecular weight is 331 g/mol. The number of hydrogen-bond donors (Lipinski definition) is 0. The Labute approximate surface area is 138 Å². The number of rotatable bonds is 7. The largest absolute Gasteiger partial charge is 0.490 e. The average Bonchev–Trinajstić information content (AvgIpc) is 2.58. The van der Waals surface area contributed by atoms with Crippen molar-refractivity contribution in [1.29, 1.82) is 0 Å². The molecule has 0 amide bonds. The summed E-state index contributed by atoms with van der Waals surface area (Å²) < 4.78 is 15.4. The SMILES string of the molecule is COc1ccc(C(=O)OCCOc2cccc(C)c2)cc1[N+](=O)[O-]. The van der Waals surface area contributed by atoms with Crippen LogP contribution in [0.25, 0.3) is 0 Å². The van der Waals surface area contributed by atoms with E-state index >= 15 is 0 Å². The van der Waals surface area contributed by atoms with E-state index in [0.717, 1.165) is 11.6 Å². The number of aryl methyl sites for hydroxylation is 1. The number of nitro groups is 1. The van der Waals surface area contributed by atoms with Gasteiger partial charge < -0.3 is 14.2 Å². The molecule has 0 fully saturated rings. The van der Waals surface area contributed by atoms with Gasteiger partial charge in [-0.2, -0.15) is 0 Å². The Balaban J connectivity index is 1.90. The first-order valence-corrected chi connectivity index (χ1v) is 7.20. The number of nitro benzene ring substituents is 1. The van der Waals surface area contributed by atoms with Crippen molar-refractivity contribution in [3.8, 4) is 11.5 Å². The van der Waals surface area contributed by atoms with Gasteiger partial charge in [-0.25, -0.2) is 4.79 Å². The predicted octanol–water partition coefficient (Wildman–Crippen LogP) is 3.15. The maximum atomic E-state index is 11.9. The molecule has 0 bridgehead atoms. The summed E-state index contributed by atoms with van der Waals surface area (Å²) in [5.41, 5.74) is 0.857. The molecule has 0 unspecified atom stereocenters. The number of esters is 1. The van der Waals surface area contributed by atoms with Gasteiger partial charge >= 0.3 is 11.7 Å². The van der Waals surface area contributed by atoms with Gasteiger partial charge in [0.1, 0.15) is 19.0 Å². The van der Waals surface area contributed by atoms with Gasteiger partial charge in [-0.15, -0.1) is 0 Å². The summed E-state index contributed by atoms with van der Waals surface area (Å²) in [5.74, 6) is 0.110. The van der Waals surface area contributed by atoms with E-state index in [1.54, 1.807) is 0 Å². The highest BCUT2D eigenvalue weighted by Gasteiger charge is 2.18. The molecule has 0 aliphatic rings. The van der Waals surface area contributed by atoms with Gasteiger partial charge in [-0.1, -0.05) is 12.1 Å². The molecule has 0 spiro atoms. The van der Waals surface area contributed by atoms with Crippen molar-refractivity contribution in [3.05, 3.63) is 63.7 Å². The van der Waals surface area contributed by atoms with Crippen molar-refractivity contribution in [3.63, 3.8) is 0 Å². The number of benzene rings is 2. The minimum atomic E-state index is -0.659. The van der Waals surface area contributed by atoms with E-state index in [1.165, 1.54) is 19.2 Å². The Kier molecular flexibility index (Phi) is 5.73. The molecule has 2 rings (SSSR count). The maximum Gasteiger partial charge on any atom is 0.338 e. The van der Waals surface area contributed by atoms with Crippen LogP contribution in [0.5, 0.6) is 11.5 Å². The lowest BCUT2D eigenvalue weighted by atomic mass is 10.2. The molecule has 0 aromatic heterocycles. The van der Waals surface area contributed by atoms with Gasteiger partial charge in [-0.3, -0.25) is 10.1 Å². The third-order valence-corrected chi connectivity index (χ3v) is 3.19. The van der Waals surface area contributed by atoms with Crippen molar-refractivity contribution in [2.45, 2.75) is 6.92 Å². The Morgan fingerprint density at radius 1 is 1.17 bits per heavy atom. The second-order valence-electron chi connectivity index (χ2n) is 4.94. The fraction of sp³-hybridized carbons (Fsp3) is 0.235. The Bertz CT molecular complexity index is 744. The van der Waals surface area contributed by atoms with Crippen molar-refractivity contribution < 1.29 is 23.9 Å². The standard InChI is InChI=1S/C17H17NO6/c1-12-4-3-5-14(10-12)23-8-9-24-17(19)13-6-7-16(22-2)15(11-13)18(20)21/h3-7,10-11H,8-9H2,1-2H3. The zero-order chi connectivity index (χ0) is 17.5. The van der Waals surface area contributed by atoms with Crippen molar-refractivity contribution in [2.75, 3.05) is 20.3 Å².